The van der Waals surface area contributed by atoms with Crippen LogP contribution in [0.1, 0.15) is 44.5 Å². The van der Waals surface area contributed by atoms with Crippen LogP contribution in [0.5, 0.6) is 0 Å². The normalized spacial score (nSPS) is 14.9. The Morgan fingerprint density at radius 1 is 0.514 bits per heavy atom. The van der Waals surface area contributed by atoms with Gasteiger partial charge >= 0.3 is 0 Å². The van der Waals surface area contributed by atoms with Gasteiger partial charge in [0.25, 0.3) is 0 Å². The third kappa shape index (κ3) is 2.23. The minimum atomic E-state index is 0.956. The predicted octanol–water partition coefficient (Wildman–Crippen LogP) is 7.50. The number of aromatic nitrogens is 1. The van der Waals surface area contributed by atoms with Crippen molar-refractivity contribution in [2.75, 3.05) is 4.90 Å². The molecule has 2 nitrogen and oxygen atoms in total. The first-order chi connectivity index (χ1) is 17.3. The third-order valence-corrected chi connectivity index (χ3v) is 8.57. The third-order valence-electron chi connectivity index (χ3n) is 8.57. The van der Waals surface area contributed by atoms with Gasteiger partial charge in [-0.1, -0.05) is 66.7 Å². The Bertz CT molecular complexity index is 1760. The molecule has 2 heteroatoms. The average molecular weight is 447 g/mol. The molecule has 2 aliphatic carbocycles. The Morgan fingerprint density at radius 2 is 1.23 bits per heavy atom. The highest BCUT2D eigenvalue weighted by Crippen LogP contribution is 2.55. The van der Waals surface area contributed by atoms with Gasteiger partial charge in [0.05, 0.1) is 11.4 Å². The zero-order valence-corrected chi connectivity index (χ0v) is 19.3. The SMILES string of the molecule is c1ccc2c(c1)Cc1c-2ccc2c1-c1c(ccc3c1Cc1cccc4c1N3c1ncccc1C4)C2. The highest BCUT2D eigenvalue weighted by molar-refractivity contribution is 5.96. The van der Waals surface area contributed by atoms with Crippen LogP contribution in [-0.4, -0.2) is 4.98 Å². The first-order valence-electron chi connectivity index (χ1n) is 12.6. The van der Waals surface area contributed by atoms with Gasteiger partial charge in [-0.25, -0.2) is 4.98 Å². The molecule has 0 atom stereocenters. The van der Waals surface area contributed by atoms with E-state index in [2.05, 4.69) is 83.8 Å². The molecule has 0 bridgehead atoms. The molecule has 4 aromatic carbocycles. The molecule has 5 aromatic rings. The van der Waals surface area contributed by atoms with Gasteiger partial charge < -0.3 is 0 Å². The Hall–Kier alpha value is -4.17. The molecule has 0 unspecified atom stereocenters. The topological polar surface area (TPSA) is 16.1 Å². The summed E-state index contributed by atoms with van der Waals surface area (Å²) in [6, 6.07) is 29.6. The highest BCUT2D eigenvalue weighted by atomic mass is 15.2. The lowest BCUT2D eigenvalue weighted by Gasteiger charge is -2.39. The van der Waals surface area contributed by atoms with Crippen molar-refractivity contribution >= 4 is 17.2 Å². The van der Waals surface area contributed by atoms with Crippen LogP contribution in [0.2, 0.25) is 0 Å². The smallest absolute Gasteiger partial charge is 0.141 e. The molecule has 0 saturated carbocycles. The van der Waals surface area contributed by atoms with Crippen LogP contribution < -0.4 is 4.90 Å². The van der Waals surface area contributed by atoms with Gasteiger partial charge in [-0.3, -0.25) is 4.90 Å². The van der Waals surface area contributed by atoms with E-state index in [1.54, 1.807) is 0 Å². The van der Waals surface area contributed by atoms with Crippen molar-refractivity contribution in [2.45, 2.75) is 25.7 Å². The lowest BCUT2D eigenvalue weighted by atomic mass is 9.83. The Morgan fingerprint density at radius 3 is 2.17 bits per heavy atom. The van der Waals surface area contributed by atoms with E-state index in [0.29, 0.717) is 0 Å². The summed E-state index contributed by atoms with van der Waals surface area (Å²) >= 11 is 0. The largest absolute Gasteiger partial charge is 0.294 e. The minimum absolute atomic E-state index is 0.956. The number of hydrogen-bond donors (Lipinski definition) is 0. The quantitative estimate of drug-likeness (QED) is 0.240. The van der Waals surface area contributed by atoms with E-state index in [-0.39, 0.29) is 0 Å². The molecule has 2 aliphatic heterocycles. The summed E-state index contributed by atoms with van der Waals surface area (Å²) in [7, 11) is 0. The van der Waals surface area contributed by atoms with Crippen LogP contribution in [0.25, 0.3) is 22.3 Å². The molecule has 0 spiro atoms. The molecule has 9 rings (SSSR count). The Labute approximate surface area is 204 Å². The summed E-state index contributed by atoms with van der Waals surface area (Å²) < 4.78 is 0. The van der Waals surface area contributed by atoms with Gasteiger partial charge in [0.1, 0.15) is 5.82 Å². The van der Waals surface area contributed by atoms with Crippen molar-refractivity contribution in [3.05, 3.63) is 130 Å². The first-order valence-corrected chi connectivity index (χ1v) is 12.6. The number of fused-ring (bicyclic) bond motifs is 12. The predicted molar refractivity (Wildman–Crippen MR) is 141 cm³/mol. The Kier molecular flexibility index (Phi) is 3.27. The van der Waals surface area contributed by atoms with Gasteiger partial charge in [0.2, 0.25) is 0 Å². The zero-order chi connectivity index (χ0) is 22.7. The maximum Gasteiger partial charge on any atom is 0.141 e. The maximum atomic E-state index is 4.89. The second-order valence-corrected chi connectivity index (χ2v) is 10.3. The standard InChI is InChI=1S/C33H22N2/c1-2-9-25-19(5-1)17-27-26(25)12-10-20-15-21-11-13-29-28(31(21)30(20)27)18-23-7-3-6-22-16-24-8-4-14-34-33(24)35(29)32(22)23/h1-14H,15-18H2. The fourth-order valence-electron chi connectivity index (χ4n) is 7.18. The van der Waals surface area contributed by atoms with Gasteiger partial charge in [-0.2, -0.15) is 0 Å². The second-order valence-electron chi connectivity index (χ2n) is 10.3. The van der Waals surface area contributed by atoms with E-state index < -0.39 is 0 Å². The molecule has 1 aromatic heterocycles. The molecule has 0 amide bonds. The molecule has 4 aliphatic rings. The summed E-state index contributed by atoms with van der Waals surface area (Å²) in [5, 5.41) is 0. The number of anilines is 3. The first kappa shape index (κ1) is 18.2. The van der Waals surface area contributed by atoms with E-state index in [1.165, 1.54) is 78.1 Å². The van der Waals surface area contributed by atoms with Gasteiger partial charge in [0, 0.05) is 19.0 Å². The van der Waals surface area contributed by atoms with Crippen LogP contribution in [0.4, 0.5) is 17.2 Å². The molecule has 35 heavy (non-hydrogen) atoms. The summed E-state index contributed by atoms with van der Waals surface area (Å²) in [5.41, 5.74) is 20.0. The van der Waals surface area contributed by atoms with Crippen molar-refractivity contribution < 1.29 is 0 Å². The van der Waals surface area contributed by atoms with Crippen molar-refractivity contribution in [1.29, 1.82) is 0 Å². The van der Waals surface area contributed by atoms with E-state index in [0.717, 1.165) is 31.5 Å². The molecule has 164 valence electrons. The fourth-order valence-corrected chi connectivity index (χ4v) is 7.18. The number of para-hydroxylation sites is 1. The molecule has 3 heterocycles. The number of rotatable bonds is 0. The number of benzene rings is 4. The lowest BCUT2D eigenvalue weighted by molar-refractivity contribution is 0.981. The van der Waals surface area contributed by atoms with Gasteiger partial charge in [-0.15, -0.1) is 0 Å². The van der Waals surface area contributed by atoms with Crippen LogP contribution in [0.15, 0.2) is 85.1 Å². The van der Waals surface area contributed by atoms with Crippen LogP contribution >= 0.6 is 0 Å². The van der Waals surface area contributed by atoms with Crippen molar-refractivity contribution in [3.8, 4) is 22.3 Å². The summed E-state index contributed by atoms with van der Waals surface area (Å²) in [6.45, 7) is 0. The maximum absolute atomic E-state index is 4.89. The van der Waals surface area contributed by atoms with E-state index in [9.17, 15) is 0 Å². The van der Waals surface area contributed by atoms with Crippen molar-refractivity contribution in [3.63, 3.8) is 0 Å². The van der Waals surface area contributed by atoms with Crippen molar-refractivity contribution in [1.82, 2.24) is 4.98 Å². The molecule has 0 N–H and O–H groups in total. The zero-order valence-electron chi connectivity index (χ0n) is 19.3. The monoisotopic (exact) mass is 446 g/mol. The van der Waals surface area contributed by atoms with E-state index >= 15 is 0 Å². The number of nitrogens with zero attached hydrogens (tertiary/aromatic N) is 2. The molecular weight excluding hydrogens is 424 g/mol. The van der Waals surface area contributed by atoms with E-state index in [4.69, 9.17) is 4.98 Å². The number of pyridine rings is 1. The second kappa shape index (κ2) is 6.28. The van der Waals surface area contributed by atoms with Crippen LogP contribution in [0.3, 0.4) is 0 Å². The molecule has 0 fully saturated rings. The summed E-state index contributed by atoms with van der Waals surface area (Å²) in [4.78, 5) is 7.35. The molecular formula is C33H22N2. The minimum Gasteiger partial charge on any atom is -0.294 e. The van der Waals surface area contributed by atoms with Crippen molar-refractivity contribution in [2.24, 2.45) is 0 Å². The molecule has 0 saturated heterocycles. The summed E-state index contributed by atoms with van der Waals surface area (Å²) in [5.74, 6) is 1.09. The fraction of sp³-hybridized carbons (Fsp3) is 0.121. The van der Waals surface area contributed by atoms with Gasteiger partial charge in [0.15, 0.2) is 0 Å². The van der Waals surface area contributed by atoms with Gasteiger partial charge in [-0.05, 0) is 91.7 Å². The van der Waals surface area contributed by atoms with E-state index in [1.807, 2.05) is 6.20 Å². The summed E-state index contributed by atoms with van der Waals surface area (Å²) in [6.07, 6.45) is 5.94. The number of hydrogen-bond acceptors (Lipinski definition) is 2. The van der Waals surface area contributed by atoms with Crippen LogP contribution in [-0.2, 0) is 25.7 Å². The molecule has 0 radical (unpaired) electrons. The average Bonchev–Trinajstić information content (AvgIpc) is 3.47. The van der Waals surface area contributed by atoms with Crippen LogP contribution in [0, 0.1) is 0 Å². The Balaban J connectivity index is 1.33. The highest BCUT2D eigenvalue weighted by Gasteiger charge is 2.37. The lowest BCUT2D eigenvalue weighted by Crippen LogP contribution is -2.26.